The highest BCUT2D eigenvalue weighted by Gasteiger charge is 2.17. The van der Waals surface area contributed by atoms with Crippen LogP contribution < -0.4 is 5.32 Å². The molecule has 0 aliphatic carbocycles. The summed E-state index contributed by atoms with van der Waals surface area (Å²) in [5.41, 5.74) is 3.39. The average molecular weight is 307 g/mol. The van der Waals surface area contributed by atoms with Gasteiger partial charge < -0.3 is 5.32 Å². The highest BCUT2D eigenvalue weighted by Crippen LogP contribution is 2.25. The maximum Gasteiger partial charge on any atom is 0.0637 e. The predicted molar refractivity (Wildman–Crippen MR) is 86.6 cm³/mol. The van der Waals surface area contributed by atoms with E-state index in [4.69, 9.17) is 11.6 Å². The van der Waals surface area contributed by atoms with Crippen molar-refractivity contribution in [2.75, 3.05) is 6.54 Å². The molecule has 5 heteroatoms. The van der Waals surface area contributed by atoms with Crippen molar-refractivity contribution in [3.8, 4) is 0 Å². The van der Waals surface area contributed by atoms with Crippen molar-refractivity contribution in [3.63, 3.8) is 0 Å². The zero-order valence-corrected chi connectivity index (χ0v) is 13.7. The summed E-state index contributed by atoms with van der Waals surface area (Å²) in [4.78, 5) is 4.08. The van der Waals surface area contributed by atoms with Crippen molar-refractivity contribution >= 4 is 11.6 Å². The van der Waals surface area contributed by atoms with Gasteiger partial charge in [-0.3, -0.25) is 9.67 Å². The van der Waals surface area contributed by atoms with Gasteiger partial charge in [-0.25, -0.2) is 0 Å². The van der Waals surface area contributed by atoms with Crippen LogP contribution >= 0.6 is 11.6 Å². The highest BCUT2D eigenvalue weighted by molar-refractivity contribution is 6.31. The van der Waals surface area contributed by atoms with Crippen LogP contribution in [0.1, 0.15) is 43.3 Å². The number of aryl methyl sites for hydroxylation is 2. The second-order valence-electron chi connectivity index (χ2n) is 5.20. The summed E-state index contributed by atoms with van der Waals surface area (Å²) in [5.74, 6) is 0. The summed E-state index contributed by atoms with van der Waals surface area (Å²) in [6, 6.07) is 4.33. The fourth-order valence-corrected chi connectivity index (χ4v) is 2.78. The van der Waals surface area contributed by atoms with Crippen molar-refractivity contribution in [1.82, 2.24) is 20.1 Å². The van der Waals surface area contributed by atoms with Crippen LogP contribution in [0.5, 0.6) is 0 Å². The molecule has 4 nitrogen and oxygen atoms in total. The molecule has 1 N–H and O–H groups in total. The molecule has 0 aromatic carbocycles. The topological polar surface area (TPSA) is 42.7 Å². The lowest BCUT2D eigenvalue weighted by Crippen LogP contribution is -2.25. The van der Waals surface area contributed by atoms with E-state index < -0.39 is 0 Å². The zero-order valence-electron chi connectivity index (χ0n) is 12.9. The third-order valence-corrected chi connectivity index (χ3v) is 3.83. The Labute approximate surface area is 131 Å². The minimum absolute atomic E-state index is 0.182. The number of hydrogen-bond acceptors (Lipinski definition) is 3. The first-order valence-corrected chi connectivity index (χ1v) is 7.89. The number of nitrogens with one attached hydrogen (secondary N) is 1. The second-order valence-corrected chi connectivity index (χ2v) is 5.61. The number of pyridine rings is 1. The summed E-state index contributed by atoms with van der Waals surface area (Å²) in [6.45, 7) is 8.16. The van der Waals surface area contributed by atoms with Crippen molar-refractivity contribution in [2.24, 2.45) is 0 Å². The van der Waals surface area contributed by atoms with Crippen molar-refractivity contribution in [1.29, 1.82) is 0 Å². The third kappa shape index (κ3) is 4.05. The Kier molecular flexibility index (Phi) is 5.76. The van der Waals surface area contributed by atoms with E-state index in [1.807, 2.05) is 13.0 Å². The smallest absolute Gasteiger partial charge is 0.0637 e. The molecular weight excluding hydrogens is 284 g/mol. The molecule has 0 spiro atoms. The molecule has 2 rings (SSSR count). The summed E-state index contributed by atoms with van der Waals surface area (Å²) in [5, 5.41) is 8.82. The van der Waals surface area contributed by atoms with Crippen LogP contribution in [-0.2, 0) is 13.0 Å². The van der Waals surface area contributed by atoms with E-state index in [0.717, 1.165) is 37.2 Å². The van der Waals surface area contributed by atoms with E-state index in [2.05, 4.69) is 40.0 Å². The molecule has 0 amide bonds. The standard InChI is InChI=1S/C16H23ClN4/c1-4-7-19-16(14-6-8-18-11-15(14)17)10-13-9-12(3)20-21(13)5-2/h6,8-9,11,16,19H,4-5,7,10H2,1-3H3. The van der Waals surface area contributed by atoms with E-state index in [9.17, 15) is 0 Å². The summed E-state index contributed by atoms with van der Waals surface area (Å²) in [6.07, 6.45) is 5.47. The van der Waals surface area contributed by atoms with Gasteiger partial charge in [-0.05, 0) is 44.5 Å². The van der Waals surface area contributed by atoms with Crippen molar-refractivity contribution in [3.05, 3.63) is 46.5 Å². The molecule has 0 radical (unpaired) electrons. The second kappa shape index (κ2) is 7.57. The Hall–Kier alpha value is -1.39. The molecule has 2 aromatic heterocycles. The molecule has 0 saturated heterocycles. The Morgan fingerprint density at radius 3 is 2.86 bits per heavy atom. The minimum Gasteiger partial charge on any atom is -0.310 e. The van der Waals surface area contributed by atoms with Gasteiger partial charge >= 0.3 is 0 Å². The van der Waals surface area contributed by atoms with Crippen LogP contribution in [0.4, 0.5) is 0 Å². The Morgan fingerprint density at radius 1 is 1.38 bits per heavy atom. The Balaban J connectivity index is 2.26. The van der Waals surface area contributed by atoms with E-state index in [-0.39, 0.29) is 6.04 Å². The van der Waals surface area contributed by atoms with Crippen LogP contribution in [-0.4, -0.2) is 21.3 Å². The lowest BCUT2D eigenvalue weighted by atomic mass is 10.0. The zero-order chi connectivity index (χ0) is 15.2. The highest BCUT2D eigenvalue weighted by atomic mass is 35.5. The molecule has 0 saturated carbocycles. The number of hydrogen-bond donors (Lipinski definition) is 1. The van der Waals surface area contributed by atoms with Gasteiger partial charge in [0.25, 0.3) is 0 Å². The first-order valence-electron chi connectivity index (χ1n) is 7.51. The SMILES string of the molecule is CCCNC(Cc1cc(C)nn1CC)c1ccncc1Cl. The maximum absolute atomic E-state index is 6.32. The maximum atomic E-state index is 6.32. The minimum atomic E-state index is 0.182. The monoisotopic (exact) mass is 306 g/mol. The lowest BCUT2D eigenvalue weighted by Gasteiger charge is -2.20. The van der Waals surface area contributed by atoms with Crippen LogP contribution in [0.15, 0.2) is 24.5 Å². The molecule has 1 atom stereocenters. The van der Waals surface area contributed by atoms with E-state index >= 15 is 0 Å². The average Bonchev–Trinajstić information content (AvgIpc) is 2.84. The van der Waals surface area contributed by atoms with E-state index in [1.54, 1.807) is 12.4 Å². The molecule has 21 heavy (non-hydrogen) atoms. The molecule has 0 fully saturated rings. The quantitative estimate of drug-likeness (QED) is 0.851. The summed E-state index contributed by atoms with van der Waals surface area (Å²) < 4.78 is 2.06. The van der Waals surface area contributed by atoms with Gasteiger partial charge in [0.2, 0.25) is 0 Å². The molecule has 1 unspecified atom stereocenters. The van der Waals surface area contributed by atoms with Gasteiger partial charge in [-0.15, -0.1) is 0 Å². The van der Waals surface area contributed by atoms with E-state index in [1.165, 1.54) is 5.69 Å². The summed E-state index contributed by atoms with van der Waals surface area (Å²) >= 11 is 6.32. The first-order chi connectivity index (χ1) is 10.2. The summed E-state index contributed by atoms with van der Waals surface area (Å²) in [7, 11) is 0. The number of rotatable bonds is 7. The van der Waals surface area contributed by atoms with Crippen LogP contribution in [0.25, 0.3) is 0 Å². The molecule has 2 heterocycles. The predicted octanol–water partition coefficient (Wildman–Crippen LogP) is 3.54. The van der Waals surface area contributed by atoms with Crippen molar-refractivity contribution in [2.45, 2.75) is 46.2 Å². The van der Waals surface area contributed by atoms with E-state index in [0.29, 0.717) is 5.02 Å². The van der Waals surface area contributed by atoms with Gasteiger partial charge in [0, 0.05) is 37.1 Å². The van der Waals surface area contributed by atoms with Gasteiger partial charge in [0.1, 0.15) is 0 Å². The van der Waals surface area contributed by atoms with Crippen LogP contribution in [0, 0.1) is 6.92 Å². The number of nitrogens with zero attached hydrogens (tertiary/aromatic N) is 3. The molecule has 0 aliphatic heterocycles. The Bertz CT molecular complexity index is 579. The molecule has 0 aliphatic rings. The fourth-order valence-electron chi connectivity index (χ4n) is 2.53. The van der Waals surface area contributed by atoms with Crippen molar-refractivity contribution < 1.29 is 0 Å². The molecule has 0 bridgehead atoms. The third-order valence-electron chi connectivity index (χ3n) is 3.52. The van der Waals surface area contributed by atoms with Crippen LogP contribution in [0.2, 0.25) is 5.02 Å². The van der Waals surface area contributed by atoms with Gasteiger partial charge in [-0.1, -0.05) is 18.5 Å². The van der Waals surface area contributed by atoms with Gasteiger partial charge in [0.15, 0.2) is 0 Å². The lowest BCUT2D eigenvalue weighted by molar-refractivity contribution is 0.502. The van der Waals surface area contributed by atoms with Gasteiger partial charge in [-0.2, -0.15) is 5.10 Å². The first kappa shape index (κ1) is 16.0. The number of aromatic nitrogens is 3. The Morgan fingerprint density at radius 2 is 2.19 bits per heavy atom. The molecule has 2 aromatic rings. The fraction of sp³-hybridized carbons (Fsp3) is 0.500. The molecule has 114 valence electrons. The normalized spacial score (nSPS) is 12.6. The van der Waals surface area contributed by atoms with Gasteiger partial charge in [0.05, 0.1) is 10.7 Å². The number of halogens is 1. The molecular formula is C16H23ClN4. The largest absolute Gasteiger partial charge is 0.310 e. The van der Waals surface area contributed by atoms with Crippen LogP contribution in [0.3, 0.4) is 0 Å².